The molecule has 1 aromatic carbocycles. The van der Waals surface area contributed by atoms with Crippen LogP contribution in [-0.2, 0) is 6.42 Å². The zero-order valence-electron chi connectivity index (χ0n) is 12.4. The van der Waals surface area contributed by atoms with Gasteiger partial charge in [-0.15, -0.1) is 0 Å². The summed E-state index contributed by atoms with van der Waals surface area (Å²) in [7, 11) is 0. The first kappa shape index (κ1) is 17.1. The molecule has 0 aromatic heterocycles. The van der Waals surface area contributed by atoms with Gasteiger partial charge in [-0.05, 0) is 45.2 Å². The van der Waals surface area contributed by atoms with Crippen LogP contribution in [0.1, 0.15) is 32.8 Å². The molecule has 0 aliphatic rings. The number of nitrogens with two attached hydrogens (primary N) is 1. The van der Waals surface area contributed by atoms with Gasteiger partial charge in [-0.1, -0.05) is 11.6 Å². The molecule has 0 saturated carbocycles. The highest BCUT2D eigenvalue weighted by atomic mass is 35.5. The number of halogens is 1. The minimum Gasteiger partial charge on any atom is -0.493 e. The maximum atomic E-state index is 9.79. The van der Waals surface area contributed by atoms with Crippen molar-refractivity contribution in [3.05, 3.63) is 22.7 Å². The smallest absolute Gasteiger partial charge is 0.141 e. The van der Waals surface area contributed by atoms with E-state index in [1.807, 2.05) is 26.0 Å². The summed E-state index contributed by atoms with van der Waals surface area (Å²) in [5, 5.41) is 10.3. The second kappa shape index (κ2) is 8.35. The number of rotatable bonds is 8. The van der Waals surface area contributed by atoms with Gasteiger partial charge in [-0.3, -0.25) is 0 Å². The molecule has 0 radical (unpaired) electrons. The van der Waals surface area contributed by atoms with E-state index < -0.39 is 6.10 Å². The van der Waals surface area contributed by atoms with Gasteiger partial charge in [-0.2, -0.15) is 0 Å². The number of aryl methyl sites for hydroxylation is 1. The van der Waals surface area contributed by atoms with Gasteiger partial charge >= 0.3 is 0 Å². The summed E-state index contributed by atoms with van der Waals surface area (Å²) >= 11 is 6.19. The van der Waals surface area contributed by atoms with Gasteiger partial charge in [0.2, 0.25) is 0 Å². The molecule has 5 heteroatoms. The second-order valence-corrected chi connectivity index (χ2v) is 5.13. The first-order valence-corrected chi connectivity index (χ1v) is 7.39. The fourth-order valence-corrected chi connectivity index (χ4v) is 2.13. The molecule has 4 nitrogen and oxygen atoms in total. The summed E-state index contributed by atoms with van der Waals surface area (Å²) in [5.41, 5.74) is 6.62. The fourth-order valence-electron chi connectivity index (χ4n) is 1.89. The minimum absolute atomic E-state index is 0.247. The lowest BCUT2D eigenvalue weighted by Crippen LogP contribution is -2.31. The van der Waals surface area contributed by atoms with E-state index in [4.69, 9.17) is 26.8 Å². The lowest BCUT2D eigenvalue weighted by atomic mass is 10.0. The Morgan fingerprint density at radius 3 is 2.35 bits per heavy atom. The Balaban J connectivity index is 2.90. The van der Waals surface area contributed by atoms with Crippen molar-refractivity contribution in [2.75, 3.05) is 13.2 Å². The highest BCUT2D eigenvalue weighted by Gasteiger charge is 2.14. The normalized spacial score (nSPS) is 13.9. The summed E-state index contributed by atoms with van der Waals surface area (Å²) < 4.78 is 11.1. The van der Waals surface area contributed by atoms with Crippen LogP contribution in [0.15, 0.2) is 12.1 Å². The molecule has 2 atom stereocenters. The third-order valence-electron chi connectivity index (χ3n) is 3.03. The molecule has 0 amide bonds. The summed E-state index contributed by atoms with van der Waals surface area (Å²) in [6.07, 6.45) is 0.696. The predicted molar refractivity (Wildman–Crippen MR) is 81.8 cm³/mol. The summed E-state index contributed by atoms with van der Waals surface area (Å²) in [6, 6.07) is 3.40. The molecule has 114 valence electrons. The first-order valence-electron chi connectivity index (χ1n) is 7.01. The molecular formula is C15H24ClNO3. The Kier molecular flexibility index (Phi) is 7.13. The van der Waals surface area contributed by atoms with Crippen molar-refractivity contribution in [1.82, 2.24) is 0 Å². The predicted octanol–water partition coefficient (Wildman–Crippen LogP) is 2.78. The Morgan fingerprint density at radius 1 is 1.20 bits per heavy atom. The van der Waals surface area contributed by atoms with Crippen molar-refractivity contribution in [3.63, 3.8) is 0 Å². The van der Waals surface area contributed by atoms with Crippen LogP contribution < -0.4 is 15.2 Å². The number of hydrogen-bond acceptors (Lipinski definition) is 4. The average molecular weight is 302 g/mol. The van der Waals surface area contributed by atoms with E-state index in [9.17, 15) is 5.11 Å². The van der Waals surface area contributed by atoms with E-state index in [0.717, 1.165) is 11.3 Å². The van der Waals surface area contributed by atoms with Crippen molar-refractivity contribution < 1.29 is 14.6 Å². The molecule has 0 bridgehead atoms. The van der Waals surface area contributed by atoms with Gasteiger partial charge < -0.3 is 20.3 Å². The third-order valence-corrected chi connectivity index (χ3v) is 3.33. The van der Waals surface area contributed by atoms with Crippen LogP contribution in [-0.4, -0.2) is 30.5 Å². The highest BCUT2D eigenvalue weighted by Crippen LogP contribution is 2.33. The Morgan fingerprint density at radius 2 is 1.80 bits per heavy atom. The molecule has 1 rings (SSSR count). The van der Waals surface area contributed by atoms with Crippen LogP contribution in [0.5, 0.6) is 11.5 Å². The number of aliphatic hydroxyl groups is 1. The number of ether oxygens (including phenoxy) is 2. The van der Waals surface area contributed by atoms with E-state index >= 15 is 0 Å². The molecule has 0 fully saturated rings. The topological polar surface area (TPSA) is 64.7 Å². The molecule has 0 heterocycles. The van der Waals surface area contributed by atoms with Gasteiger partial charge in [0.25, 0.3) is 0 Å². The van der Waals surface area contributed by atoms with Crippen LogP contribution in [0.3, 0.4) is 0 Å². The molecule has 0 saturated heterocycles. The molecule has 20 heavy (non-hydrogen) atoms. The molecule has 3 N–H and O–H groups in total. The zero-order chi connectivity index (χ0) is 15.1. The number of aliphatic hydroxyl groups excluding tert-OH is 1. The van der Waals surface area contributed by atoms with E-state index in [1.165, 1.54) is 0 Å². The Labute approximate surface area is 125 Å². The number of benzene rings is 1. The highest BCUT2D eigenvalue weighted by molar-refractivity contribution is 6.32. The van der Waals surface area contributed by atoms with E-state index in [2.05, 4.69) is 0 Å². The second-order valence-electron chi connectivity index (χ2n) is 4.72. The lowest BCUT2D eigenvalue weighted by Gasteiger charge is -2.17. The monoisotopic (exact) mass is 301 g/mol. The standard InChI is InChI=1S/C15H24ClNO3/c1-4-19-14-9-15(20-5-2)12(16)8-11(14)6-7-13(18)10(3)17/h8-10,13,18H,4-7,17H2,1-3H3. The summed E-state index contributed by atoms with van der Waals surface area (Å²) in [6.45, 7) is 6.74. The summed E-state index contributed by atoms with van der Waals surface area (Å²) in [4.78, 5) is 0. The van der Waals surface area contributed by atoms with Gasteiger partial charge in [0.05, 0.1) is 24.3 Å². The van der Waals surface area contributed by atoms with E-state index in [-0.39, 0.29) is 6.04 Å². The Bertz CT molecular complexity index is 424. The van der Waals surface area contributed by atoms with Gasteiger partial charge in [-0.25, -0.2) is 0 Å². The molecule has 1 aromatic rings. The largest absolute Gasteiger partial charge is 0.493 e. The van der Waals surface area contributed by atoms with Crippen LogP contribution >= 0.6 is 11.6 Å². The lowest BCUT2D eigenvalue weighted by molar-refractivity contribution is 0.141. The zero-order valence-corrected chi connectivity index (χ0v) is 13.1. The van der Waals surface area contributed by atoms with E-state index in [0.29, 0.717) is 36.8 Å². The van der Waals surface area contributed by atoms with Gasteiger partial charge in [0, 0.05) is 12.1 Å². The first-order chi connectivity index (χ1) is 9.49. The summed E-state index contributed by atoms with van der Waals surface area (Å²) in [5.74, 6) is 1.37. The average Bonchev–Trinajstić information content (AvgIpc) is 2.40. The van der Waals surface area contributed by atoms with Gasteiger partial charge in [0.1, 0.15) is 11.5 Å². The molecule has 2 unspecified atom stereocenters. The minimum atomic E-state index is -0.533. The number of hydrogen-bond donors (Lipinski definition) is 2. The van der Waals surface area contributed by atoms with Crippen molar-refractivity contribution in [2.45, 2.75) is 45.8 Å². The molecule has 0 aliphatic carbocycles. The van der Waals surface area contributed by atoms with Crippen molar-refractivity contribution in [1.29, 1.82) is 0 Å². The molecule has 0 spiro atoms. The van der Waals surface area contributed by atoms with E-state index in [1.54, 1.807) is 6.92 Å². The van der Waals surface area contributed by atoms with Crippen LogP contribution in [0, 0.1) is 0 Å². The van der Waals surface area contributed by atoms with Crippen molar-refractivity contribution in [2.24, 2.45) is 5.73 Å². The Hall–Kier alpha value is -0.970. The quantitative estimate of drug-likeness (QED) is 0.775. The fraction of sp³-hybridized carbons (Fsp3) is 0.600. The molecular weight excluding hydrogens is 278 g/mol. The SMILES string of the molecule is CCOc1cc(OCC)c(CCC(O)C(C)N)cc1Cl. The third kappa shape index (κ3) is 4.85. The van der Waals surface area contributed by atoms with Gasteiger partial charge in [0.15, 0.2) is 0 Å². The maximum Gasteiger partial charge on any atom is 0.141 e. The van der Waals surface area contributed by atoms with Crippen LogP contribution in [0.4, 0.5) is 0 Å². The molecule has 0 aliphatic heterocycles. The van der Waals surface area contributed by atoms with Crippen LogP contribution in [0.25, 0.3) is 0 Å². The maximum absolute atomic E-state index is 9.79. The van der Waals surface area contributed by atoms with Crippen molar-refractivity contribution >= 4 is 11.6 Å². The van der Waals surface area contributed by atoms with Crippen LogP contribution in [0.2, 0.25) is 5.02 Å². The van der Waals surface area contributed by atoms with Crippen molar-refractivity contribution in [3.8, 4) is 11.5 Å².